The van der Waals surface area contributed by atoms with Crippen LogP contribution in [0.25, 0.3) is 0 Å². The van der Waals surface area contributed by atoms with Gasteiger partial charge in [0.1, 0.15) is 0 Å². The highest BCUT2D eigenvalue weighted by Crippen LogP contribution is 2.29. The first-order valence-corrected chi connectivity index (χ1v) is 7.05. The molecule has 2 aromatic carbocycles. The highest BCUT2D eigenvalue weighted by Gasteiger charge is 2.08. The van der Waals surface area contributed by atoms with Crippen LogP contribution < -0.4 is 20.1 Å². The fourth-order valence-corrected chi connectivity index (χ4v) is 2.15. The lowest BCUT2D eigenvalue weighted by Gasteiger charge is -2.12. The van der Waals surface area contributed by atoms with Crippen LogP contribution in [0.2, 0.25) is 0 Å². The summed E-state index contributed by atoms with van der Waals surface area (Å²) in [6.07, 6.45) is 0.854. The van der Waals surface area contributed by atoms with Gasteiger partial charge in [0.2, 0.25) is 0 Å². The van der Waals surface area contributed by atoms with E-state index < -0.39 is 0 Å². The second-order valence-electron chi connectivity index (χ2n) is 4.66. The first kappa shape index (κ1) is 15.7. The Morgan fingerprint density at radius 3 is 2.41 bits per heavy atom. The molecule has 0 bridgehead atoms. The lowest BCUT2D eigenvalue weighted by atomic mass is 10.1. The summed E-state index contributed by atoms with van der Waals surface area (Å²) >= 11 is 0. The fraction of sp³-hybridized carbons (Fsp3) is 0.235. The smallest absolute Gasteiger partial charge is 0.323 e. The van der Waals surface area contributed by atoms with E-state index in [0.29, 0.717) is 17.2 Å². The SMILES string of the molecule is CCc1ccccc1NC(=O)Nc1ccc(OC)c(OC)c1. The summed E-state index contributed by atoms with van der Waals surface area (Å²) in [5.41, 5.74) is 2.53. The molecule has 0 spiro atoms. The second-order valence-corrected chi connectivity index (χ2v) is 4.66. The molecule has 0 radical (unpaired) electrons. The number of carbonyl (C=O) groups is 1. The van der Waals surface area contributed by atoms with E-state index >= 15 is 0 Å². The minimum atomic E-state index is -0.298. The Morgan fingerprint density at radius 2 is 1.73 bits per heavy atom. The number of nitrogens with one attached hydrogen (secondary N) is 2. The molecule has 0 aliphatic rings. The summed E-state index contributed by atoms with van der Waals surface area (Å²) in [5.74, 6) is 1.18. The number of para-hydroxylation sites is 1. The topological polar surface area (TPSA) is 59.6 Å². The van der Waals surface area contributed by atoms with Gasteiger partial charge in [0.25, 0.3) is 0 Å². The lowest BCUT2D eigenvalue weighted by molar-refractivity contribution is 0.262. The number of urea groups is 1. The number of benzene rings is 2. The lowest BCUT2D eigenvalue weighted by Crippen LogP contribution is -2.20. The van der Waals surface area contributed by atoms with Crippen LogP contribution in [0, 0.1) is 0 Å². The van der Waals surface area contributed by atoms with Crippen molar-refractivity contribution in [3.05, 3.63) is 48.0 Å². The number of rotatable bonds is 5. The van der Waals surface area contributed by atoms with Crippen molar-refractivity contribution in [3.63, 3.8) is 0 Å². The molecule has 5 nitrogen and oxygen atoms in total. The Morgan fingerprint density at radius 1 is 1.00 bits per heavy atom. The molecule has 2 amide bonds. The van der Waals surface area contributed by atoms with Gasteiger partial charge < -0.3 is 20.1 Å². The normalized spacial score (nSPS) is 9.95. The number of carbonyl (C=O) groups excluding carboxylic acids is 1. The Bertz CT molecular complexity index is 656. The van der Waals surface area contributed by atoms with Gasteiger partial charge in [-0.1, -0.05) is 25.1 Å². The number of hydrogen-bond donors (Lipinski definition) is 2. The van der Waals surface area contributed by atoms with Crippen LogP contribution >= 0.6 is 0 Å². The molecule has 0 saturated heterocycles. The van der Waals surface area contributed by atoms with Gasteiger partial charge in [-0.25, -0.2) is 4.79 Å². The average Bonchev–Trinajstić information content (AvgIpc) is 2.55. The average molecular weight is 300 g/mol. The molecule has 5 heteroatoms. The first-order chi connectivity index (χ1) is 10.7. The molecule has 0 aromatic heterocycles. The predicted octanol–water partition coefficient (Wildman–Crippen LogP) is 3.91. The van der Waals surface area contributed by atoms with Crippen LogP contribution in [-0.2, 0) is 6.42 Å². The van der Waals surface area contributed by atoms with Crippen LogP contribution in [0.5, 0.6) is 11.5 Å². The van der Waals surface area contributed by atoms with Gasteiger partial charge >= 0.3 is 6.03 Å². The predicted molar refractivity (Wildman–Crippen MR) is 88.0 cm³/mol. The van der Waals surface area contributed by atoms with Crippen LogP contribution in [0.15, 0.2) is 42.5 Å². The van der Waals surface area contributed by atoms with Gasteiger partial charge in [-0.15, -0.1) is 0 Å². The monoisotopic (exact) mass is 300 g/mol. The molecule has 0 unspecified atom stereocenters. The van der Waals surface area contributed by atoms with E-state index in [0.717, 1.165) is 17.7 Å². The molecule has 0 fully saturated rings. The Labute approximate surface area is 130 Å². The second kappa shape index (κ2) is 7.36. The quantitative estimate of drug-likeness (QED) is 0.880. The molecule has 2 rings (SSSR count). The summed E-state index contributed by atoms with van der Waals surface area (Å²) in [7, 11) is 3.12. The van der Waals surface area contributed by atoms with Crippen LogP contribution in [-0.4, -0.2) is 20.3 Å². The van der Waals surface area contributed by atoms with Crippen molar-refractivity contribution in [2.45, 2.75) is 13.3 Å². The molecule has 0 aliphatic heterocycles. The number of ether oxygens (including phenoxy) is 2. The molecule has 2 aromatic rings. The van der Waals surface area contributed by atoms with E-state index in [1.165, 1.54) is 0 Å². The summed E-state index contributed by atoms with van der Waals surface area (Å²) in [6.45, 7) is 2.05. The number of methoxy groups -OCH3 is 2. The summed E-state index contributed by atoms with van der Waals surface area (Å²) in [5, 5.41) is 5.64. The minimum Gasteiger partial charge on any atom is -0.493 e. The maximum atomic E-state index is 12.1. The zero-order valence-electron chi connectivity index (χ0n) is 13.0. The summed E-state index contributed by atoms with van der Waals surface area (Å²) in [4.78, 5) is 12.1. The molecule has 0 heterocycles. The van der Waals surface area contributed by atoms with E-state index in [2.05, 4.69) is 10.6 Å². The van der Waals surface area contributed by atoms with Crippen molar-refractivity contribution in [2.75, 3.05) is 24.9 Å². The van der Waals surface area contributed by atoms with Gasteiger partial charge in [-0.05, 0) is 30.2 Å². The highest BCUT2D eigenvalue weighted by molar-refractivity contribution is 6.00. The van der Waals surface area contributed by atoms with Gasteiger partial charge in [-0.2, -0.15) is 0 Å². The van der Waals surface area contributed by atoms with Gasteiger partial charge in [0.05, 0.1) is 14.2 Å². The largest absolute Gasteiger partial charge is 0.493 e. The van der Waals surface area contributed by atoms with Crippen LogP contribution in [0.4, 0.5) is 16.2 Å². The minimum absolute atomic E-state index is 0.298. The van der Waals surface area contributed by atoms with E-state index in [1.54, 1.807) is 32.4 Å². The molecule has 116 valence electrons. The van der Waals surface area contributed by atoms with Crippen molar-refractivity contribution >= 4 is 17.4 Å². The first-order valence-electron chi connectivity index (χ1n) is 7.05. The standard InChI is InChI=1S/C17H20N2O3/c1-4-12-7-5-6-8-14(12)19-17(20)18-13-9-10-15(21-2)16(11-13)22-3/h5-11H,4H2,1-3H3,(H2,18,19,20). The number of anilines is 2. The van der Waals surface area contributed by atoms with Gasteiger partial charge in [0.15, 0.2) is 11.5 Å². The maximum Gasteiger partial charge on any atom is 0.323 e. The number of hydrogen-bond acceptors (Lipinski definition) is 3. The third-order valence-electron chi connectivity index (χ3n) is 3.29. The third-order valence-corrected chi connectivity index (χ3v) is 3.29. The Hall–Kier alpha value is -2.69. The van der Waals surface area contributed by atoms with Gasteiger partial charge in [-0.3, -0.25) is 0 Å². The Kier molecular flexibility index (Phi) is 5.25. The van der Waals surface area contributed by atoms with Crippen molar-refractivity contribution in [2.24, 2.45) is 0 Å². The zero-order valence-corrected chi connectivity index (χ0v) is 13.0. The van der Waals surface area contributed by atoms with E-state index in [9.17, 15) is 4.79 Å². The van der Waals surface area contributed by atoms with Crippen molar-refractivity contribution < 1.29 is 14.3 Å². The highest BCUT2D eigenvalue weighted by atomic mass is 16.5. The van der Waals surface area contributed by atoms with Crippen molar-refractivity contribution in [1.29, 1.82) is 0 Å². The fourth-order valence-electron chi connectivity index (χ4n) is 2.15. The molecule has 0 aliphatic carbocycles. The molecule has 0 atom stereocenters. The molecule has 2 N–H and O–H groups in total. The van der Waals surface area contributed by atoms with E-state index in [1.807, 2.05) is 31.2 Å². The number of aryl methyl sites for hydroxylation is 1. The zero-order chi connectivity index (χ0) is 15.9. The summed E-state index contributed by atoms with van der Waals surface area (Å²) < 4.78 is 10.4. The van der Waals surface area contributed by atoms with Crippen molar-refractivity contribution in [3.8, 4) is 11.5 Å². The molecule has 22 heavy (non-hydrogen) atoms. The summed E-state index contributed by atoms with van der Waals surface area (Å²) in [6, 6.07) is 12.6. The third kappa shape index (κ3) is 3.69. The molecular weight excluding hydrogens is 280 g/mol. The number of amides is 2. The Balaban J connectivity index is 2.09. The molecule has 0 saturated carbocycles. The molecular formula is C17H20N2O3. The van der Waals surface area contributed by atoms with Gasteiger partial charge in [0, 0.05) is 17.4 Å². The van der Waals surface area contributed by atoms with Crippen LogP contribution in [0.3, 0.4) is 0 Å². The van der Waals surface area contributed by atoms with Crippen LogP contribution in [0.1, 0.15) is 12.5 Å². The van der Waals surface area contributed by atoms with E-state index in [-0.39, 0.29) is 6.03 Å². The van der Waals surface area contributed by atoms with Crippen molar-refractivity contribution in [1.82, 2.24) is 0 Å². The maximum absolute atomic E-state index is 12.1. The van der Waals surface area contributed by atoms with E-state index in [4.69, 9.17) is 9.47 Å².